The van der Waals surface area contributed by atoms with Crippen LogP contribution < -0.4 is 11.3 Å². The molecule has 3 unspecified atom stereocenters. The number of nitrogens with zero attached hydrogens (tertiary/aromatic N) is 6. The summed E-state index contributed by atoms with van der Waals surface area (Å²) in [6, 6.07) is -0.836. The molecule has 0 aliphatic carbocycles. The molecule has 3 rings (SSSR count). The van der Waals surface area contributed by atoms with Gasteiger partial charge in [-0.05, 0) is 5.53 Å². The van der Waals surface area contributed by atoms with Crippen LogP contribution in [0.2, 0.25) is 0 Å². The van der Waals surface area contributed by atoms with Gasteiger partial charge in [-0.2, -0.15) is 4.98 Å². The second-order valence-electron chi connectivity index (χ2n) is 6.15. The van der Waals surface area contributed by atoms with Crippen LogP contribution in [-0.2, 0) is 18.4 Å². The summed E-state index contributed by atoms with van der Waals surface area (Å²) in [6.45, 7) is -0.573. The summed E-state index contributed by atoms with van der Waals surface area (Å²) in [5.74, 6) is -1.51. The number of hydrogen-bond acceptors (Lipinski definition) is 9. The minimum Gasteiger partial charge on any atom is -0.369 e. The van der Waals surface area contributed by atoms with Crippen molar-refractivity contribution < 1.29 is 33.1 Å². The first kappa shape index (κ1) is 21.4. The van der Waals surface area contributed by atoms with Crippen molar-refractivity contribution in [1.29, 1.82) is 0 Å². The number of H-pyrrole nitrogens is 1. The second kappa shape index (κ2) is 7.86. The molecule has 16 nitrogen and oxygen atoms in total. The van der Waals surface area contributed by atoms with E-state index in [2.05, 4.69) is 25.0 Å². The van der Waals surface area contributed by atoms with Crippen LogP contribution in [0.15, 0.2) is 16.2 Å². The summed E-state index contributed by atoms with van der Waals surface area (Å²) in [7, 11) is -9.41. The summed E-state index contributed by atoms with van der Waals surface area (Å²) in [4.78, 5) is 52.1. The fourth-order valence-corrected chi connectivity index (χ4v) is 5.41. The van der Waals surface area contributed by atoms with E-state index in [1.165, 1.54) is 10.9 Å². The molecule has 1 saturated heterocycles. The van der Waals surface area contributed by atoms with Crippen LogP contribution in [0.1, 0.15) is 12.6 Å². The van der Waals surface area contributed by atoms with Crippen molar-refractivity contribution in [3.8, 4) is 0 Å². The zero-order valence-corrected chi connectivity index (χ0v) is 16.3. The van der Waals surface area contributed by atoms with Gasteiger partial charge in [0.15, 0.2) is 17.1 Å². The molecule has 0 amide bonds. The lowest BCUT2D eigenvalue weighted by molar-refractivity contribution is -0.0198. The van der Waals surface area contributed by atoms with Crippen LogP contribution in [0.4, 0.5) is 5.95 Å². The van der Waals surface area contributed by atoms with Crippen molar-refractivity contribution in [2.75, 3.05) is 18.2 Å². The molecule has 1 aliphatic heterocycles. The van der Waals surface area contributed by atoms with Crippen LogP contribution in [0, 0.1) is 0 Å². The molecule has 1 aliphatic rings. The molecule has 0 spiro atoms. The molecule has 0 radical (unpaired) electrons. The van der Waals surface area contributed by atoms with Crippen LogP contribution in [0.25, 0.3) is 21.6 Å². The Hall–Kier alpha value is -2.28. The highest BCUT2D eigenvalue weighted by Gasteiger charge is 2.39. The molecule has 158 valence electrons. The van der Waals surface area contributed by atoms with Crippen molar-refractivity contribution in [3.63, 3.8) is 0 Å². The molecule has 4 atom stereocenters. The molecule has 29 heavy (non-hydrogen) atoms. The molecule has 3 heterocycles. The largest absolute Gasteiger partial charge is 0.369 e. The molecule has 2 aromatic rings. The number of nitrogens with one attached hydrogen (secondary N) is 1. The van der Waals surface area contributed by atoms with Gasteiger partial charge in [-0.1, -0.05) is 5.11 Å². The van der Waals surface area contributed by atoms with Crippen molar-refractivity contribution in [1.82, 2.24) is 19.5 Å². The lowest BCUT2D eigenvalue weighted by Gasteiger charge is -2.19. The zero-order chi connectivity index (χ0) is 21.4. The maximum atomic E-state index is 11.9. The first-order valence-corrected chi connectivity index (χ1v) is 11.5. The summed E-state index contributed by atoms with van der Waals surface area (Å²) in [5.41, 5.74) is 13.9. The van der Waals surface area contributed by atoms with E-state index in [0.717, 1.165) is 0 Å². The fourth-order valence-electron chi connectivity index (χ4n) is 2.84. The van der Waals surface area contributed by atoms with Gasteiger partial charge >= 0.3 is 15.2 Å². The minimum atomic E-state index is -4.79. The van der Waals surface area contributed by atoms with Gasteiger partial charge in [0.1, 0.15) is 6.23 Å². The number of imidazole rings is 1. The third kappa shape index (κ3) is 5.01. The van der Waals surface area contributed by atoms with Crippen LogP contribution in [0.5, 0.6) is 0 Å². The number of anilines is 1. The number of hydrogen-bond donors (Lipinski definition) is 5. The fraction of sp³-hybridized carbons (Fsp3) is 0.545. The molecule has 0 bridgehead atoms. The average Bonchev–Trinajstić information content (AvgIpc) is 3.15. The highest BCUT2D eigenvalue weighted by Crippen LogP contribution is 2.55. The first-order valence-electron chi connectivity index (χ1n) is 7.92. The van der Waals surface area contributed by atoms with Crippen LogP contribution in [-0.4, -0.2) is 58.9 Å². The Kier molecular flexibility index (Phi) is 5.81. The van der Waals surface area contributed by atoms with Gasteiger partial charge in [-0.15, -0.1) is 0 Å². The summed E-state index contributed by atoms with van der Waals surface area (Å²) < 4.78 is 34.6. The molecular formula is C11H16N8O8P2. The predicted molar refractivity (Wildman–Crippen MR) is 96.7 cm³/mol. The van der Waals surface area contributed by atoms with E-state index in [1.807, 2.05) is 0 Å². The molecular weight excluding hydrogens is 434 g/mol. The standard InChI is InChI=1S/C11H16N8O8P2/c12-11-15-9-8(10(20)16-11)14-3-19(9)7-1-5(17-18-13)6(27-7)2-26-29(24,25)4-28(21,22)23/h3,5-7H,1-2,4H2,(H,24,25)(H2,21,22,23)(H3,12,15,16,20)/t5-,6?,7?/m0/s1. The number of azide groups is 1. The van der Waals surface area contributed by atoms with Crippen molar-refractivity contribution in [2.45, 2.75) is 24.8 Å². The van der Waals surface area contributed by atoms with Gasteiger partial charge in [-0.3, -0.25) is 23.5 Å². The van der Waals surface area contributed by atoms with E-state index in [9.17, 15) is 18.8 Å². The topological polar surface area (TPSA) is 252 Å². The van der Waals surface area contributed by atoms with E-state index >= 15 is 0 Å². The van der Waals surface area contributed by atoms with Gasteiger partial charge in [0.25, 0.3) is 5.56 Å². The summed E-state index contributed by atoms with van der Waals surface area (Å²) in [5, 5.41) is 3.56. The van der Waals surface area contributed by atoms with E-state index < -0.39 is 51.6 Å². The Morgan fingerprint density at radius 1 is 1.48 bits per heavy atom. The molecule has 18 heteroatoms. The van der Waals surface area contributed by atoms with Crippen LogP contribution in [0.3, 0.4) is 0 Å². The lowest BCUT2D eigenvalue weighted by Crippen LogP contribution is -2.24. The van der Waals surface area contributed by atoms with Gasteiger partial charge in [0, 0.05) is 11.3 Å². The van der Waals surface area contributed by atoms with E-state index in [-0.39, 0.29) is 23.5 Å². The Morgan fingerprint density at radius 3 is 2.86 bits per heavy atom. The van der Waals surface area contributed by atoms with Crippen molar-refractivity contribution >= 4 is 32.3 Å². The number of aromatic nitrogens is 4. The van der Waals surface area contributed by atoms with E-state index in [1.54, 1.807) is 0 Å². The van der Waals surface area contributed by atoms with Gasteiger partial charge in [0.2, 0.25) is 5.95 Å². The zero-order valence-electron chi connectivity index (χ0n) is 14.5. The Balaban J connectivity index is 1.81. The molecule has 2 aromatic heterocycles. The van der Waals surface area contributed by atoms with E-state index in [4.69, 9.17) is 30.3 Å². The number of ether oxygens (including phenoxy) is 1. The Bertz CT molecular complexity index is 1120. The highest BCUT2D eigenvalue weighted by atomic mass is 31.2. The number of fused-ring (bicyclic) bond motifs is 1. The number of nitrogen functional groups attached to an aromatic ring is 1. The summed E-state index contributed by atoms with van der Waals surface area (Å²) in [6.07, 6.45) is -0.466. The summed E-state index contributed by atoms with van der Waals surface area (Å²) >= 11 is 0. The SMILES string of the molecule is [N-]=[N+]=N[C@H]1CC(n2cnc3c(=O)[nH]c(N)nc32)OC1COP(=O)(O)CP(=O)(O)O. The Morgan fingerprint density at radius 2 is 2.21 bits per heavy atom. The van der Waals surface area contributed by atoms with Gasteiger partial charge in [-0.25, -0.2) is 4.98 Å². The number of aromatic amines is 1. The number of rotatable bonds is 7. The maximum absolute atomic E-state index is 11.9. The normalized spacial score (nSPS) is 24.3. The maximum Gasteiger partial charge on any atom is 0.340 e. The monoisotopic (exact) mass is 450 g/mol. The second-order valence-corrected chi connectivity index (χ2v) is 10.1. The average molecular weight is 450 g/mol. The molecule has 0 aromatic carbocycles. The lowest BCUT2D eigenvalue weighted by atomic mass is 10.1. The van der Waals surface area contributed by atoms with E-state index in [0.29, 0.717) is 0 Å². The minimum absolute atomic E-state index is 0.00402. The number of nitrogens with two attached hydrogens (primary N) is 1. The van der Waals surface area contributed by atoms with Gasteiger partial charge in [0.05, 0.1) is 25.1 Å². The first-order chi connectivity index (χ1) is 13.5. The quantitative estimate of drug-likeness (QED) is 0.162. The molecule has 0 saturated carbocycles. The van der Waals surface area contributed by atoms with Crippen molar-refractivity contribution in [2.24, 2.45) is 5.11 Å². The van der Waals surface area contributed by atoms with Crippen molar-refractivity contribution in [3.05, 3.63) is 27.1 Å². The Labute approximate surface area is 161 Å². The predicted octanol–water partition coefficient (Wildman–Crippen LogP) is 0.00540. The van der Waals surface area contributed by atoms with Gasteiger partial charge < -0.3 is 29.7 Å². The molecule has 6 N–H and O–H groups in total. The smallest absolute Gasteiger partial charge is 0.340 e. The molecule has 1 fully saturated rings. The third-order valence-corrected chi connectivity index (χ3v) is 7.42. The third-order valence-electron chi connectivity index (χ3n) is 3.97. The van der Waals surface area contributed by atoms with Crippen LogP contribution >= 0.6 is 15.2 Å². The highest BCUT2D eigenvalue weighted by molar-refractivity contribution is 7.70.